The molecule has 0 radical (unpaired) electrons. The maximum Gasteiger partial charge on any atom is 0.502 e. The summed E-state index contributed by atoms with van der Waals surface area (Å²) in [5.74, 6) is 0. The molecule has 0 aliphatic rings. The molecule has 0 heterocycles. The van der Waals surface area contributed by atoms with Crippen molar-refractivity contribution in [3.05, 3.63) is 0 Å². The molecule has 0 saturated heterocycles. The highest BCUT2D eigenvalue weighted by Gasteiger charge is 2.56. The average Bonchev–Trinajstić information content (AvgIpc) is 2.02. The summed E-state index contributed by atoms with van der Waals surface area (Å²) in [7, 11) is -8.09. The molecule has 0 aromatic carbocycles. The third-order valence-electron chi connectivity index (χ3n) is 1.84. The number of hydrogen-bond acceptors (Lipinski definition) is 6. The quantitative estimate of drug-likeness (QED) is 0.438. The van der Waals surface area contributed by atoms with Crippen LogP contribution in [0.25, 0.3) is 0 Å². The van der Waals surface area contributed by atoms with Gasteiger partial charge >= 0.3 is 17.6 Å². The number of rotatable bonds is 6. The summed E-state index contributed by atoms with van der Waals surface area (Å²) < 4.78 is 9.42. The summed E-state index contributed by atoms with van der Waals surface area (Å²) >= 11 is 0. The van der Waals surface area contributed by atoms with Crippen molar-refractivity contribution in [2.45, 2.75) is 25.9 Å². The fraction of sp³-hybridized carbons (Fsp3) is 1.00. The van der Waals surface area contributed by atoms with E-state index in [1.54, 1.807) is 13.8 Å². The molecule has 14 heavy (non-hydrogen) atoms. The Hall–Kier alpha value is 0.194. The lowest BCUT2D eigenvalue weighted by Crippen LogP contribution is -2.58. The average molecular weight is 242 g/mol. The molecule has 6 nitrogen and oxygen atoms in total. The van der Waals surface area contributed by atoms with Gasteiger partial charge in [0, 0.05) is 13.2 Å². The van der Waals surface area contributed by atoms with E-state index in [4.69, 9.17) is 8.85 Å². The Kier molecular flexibility index (Phi) is 5.40. The van der Waals surface area contributed by atoms with Crippen LogP contribution >= 0.6 is 0 Å². The van der Waals surface area contributed by atoms with E-state index in [0.29, 0.717) is 0 Å². The molecule has 0 aliphatic heterocycles. The summed E-state index contributed by atoms with van der Waals surface area (Å²) in [6.45, 7) is 4.73. The predicted molar refractivity (Wildman–Crippen MR) is 53.1 cm³/mol. The van der Waals surface area contributed by atoms with E-state index in [0.717, 1.165) is 0 Å². The van der Waals surface area contributed by atoms with Gasteiger partial charge in [0.2, 0.25) is 0 Å². The lowest BCUT2D eigenvalue weighted by Gasteiger charge is -2.29. The van der Waals surface area contributed by atoms with E-state index in [2.05, 4.69) is 0 Å². The smallest absolute Gasteiger partial charge is 0.390 e. The first-order chi connectivity index (χ1) is 6.28. The van der Waals surface area contributed by atoms with Crippen LogP contribution < -0.4 is 0 Å². The highest BCUT2D eigenvalue weighted by molar-refractivity contribution is 6.79. The lowest BCUT2D eigenvalue weighted by molar-refractivity contribution is 0.115. The summed E-state index contributed by atoms with van der Waals surface area (Å²) in [5, 5.41) is -1.14. The Bertz CT molecular complexity index is 156. The van der Waals surface area contributed by atoms with E-state index in [1.165, 1.54) is 6.92 Å². The molecule has 4 N–H and O–H groups in total. The third kappa shape index (κ3) is 3.75. The predicted octanol–water partition coefficient (Wildman–Crippen LogP) is -1.16. The summed E-state index contributed by atoms with van der Waals surface area (Å²) in [4.78, 5) is 37.8. The van der Waals surface area contributed by atoms with Gasteiger partial charge < -0.3 is 28.0 Å². The molecule has 0 amide bonds. The fourth-order valence-electron chi connectivity index (χ4n) is 0.920. The normalized spacial score (nSPS) is 13.7. The topological polar surface area (TPSA) is 99.4 Å². The Balaban J connectivity index is 4.49. The molecule has 8 heteroatoms. The molecule has 0 saturated carbocycles. The highest BCUT2D eigenvalue weighted by Crippen LogP contribution is 2.25. The molecule has 0 unspecified atom stereocenters. The number of hydrogen-bond donors (Lipinski definition) is 4. The van der Waals surface area contributed by atoms with Gasteiger partial charge in [0.25, 0.3) is 0 Å². The van der Waals surface area contributed by atoms with Crippen molar-refractivity contribution in [3.63, 3.8) is 0 Å². The monoisotopic (exact) mass is 242 g/mol. The van der Waals surface area contributed by atoms with Gasteiger partial charge in [0.15, 0.2) is 0 Å². The first-order valence-electron chi connectivity index (χ1n) is 4.45. The second-order valence-electron chi connectivity index (χ2n) is 2.90. The molecule has 0 aromatic heterocycles. The van der Waals surface area contributed by atoms with Crippen molar-refractivity contribution in [1.82, 2.24) is 0 Å². The maximum absolute atomic E-state index is 9.45. The van der Waals surface area contributed by atoms with E-state index < -0.39 is 22.8 Å². The second kappa shape index (κ2) is 5.33. The third-order valence-corrected chi connectivity index (χ3v) is 7.78. The van der Waals surface area contributed by atoms with Gasteiger partial charge in [0.1, 0.15) is 0 Å². The zero-order chi connectivity index (χ0) is 11.4. The first kappa shape index (κ1) is 14.2. The zero-order valence-electron chi connectivity index (χ0n) is 8.60. The summed E-state index contributed by atoms with van der Waals surface area (Å²) in [6.07, 6.45) is 0. The van der Waals surface area contributed by atoms with Gasteiger partial charge in [-0.15, -0.1) is 0 Å². The van der Waals surface area contributed by atoms with Crippen LogP contribution in [0.1, 0.15) is 20.8 Å². The van der Waals surface area contributed by atoms with Crippen molar-refractivity contribution >= 4 is 17.6 Å². The standard InChI is InChI=1S/C6H18O6Si2/c1-4-11-13(7,8)6(3)14(9,10)12-5-2/h6-10H,4-5H2,1-3H3. The van der Waals surface area contributed by atoms with Gasteiger partial charge in [-0.3, -0.25) is 0 Å². The Morgan fingerprint density at radius 3 is 1.43 bits per heavy atom. The molecule has 0 rings (SSSR count). The van der Waals surface area contributed by atoms with E-state index in [1.807, 2.05) is 0 Å². The van der Waals surface area contributed by atoms with Crippen molar-refractivity contribution < 1.29 is 28.0 Å². The van der Waals surface area contributed by atoms with Crippen LogP contribution in [0.3, 0.4) is 0 Å². The first-order valence-corrected chi connectivity index (χ1v) is 8.21. The molecule has 0 aliphatic carbocycles. The van der Waals surface area contributed by atoms with Crippen molar-refractivity contribution in [3.8, 4) is 0 Å². The highest BCUT2D eigenvalue weighted by atomic mass is 28.5. The van der Waals surface area contributed by atoms with Gasteiger partial charge in [-0.1, -0.05) is 6.92 Å². The zero-order valence-corrected chi connectivity index (χ0v) is 10.6. The molecule has 0 fully saturated rings. The molecule has 0 bridgehead atoms. The minimum absolute atomic E-state index is 0.111. The van der Waals surface area contributed by atoms with Crippen molar-refractivity contribution in [1.29, 1.82) is 0 Å². The molecular weight excluding hydrogens is 224 g/mol. The van der Waals surface area contributed by atoms with Gasteiger partial charge in [0.05, 0.1) is 5.16 Å². The van der Waals surface area contributed by atoms with Crippen LogP contribution in [0.5, 0.6) is 0 Å². The SMILES string of the molecule is CCO[Si](O)(O)C(C)[Si](O)(O)OCC. The molecule has 0 aromatic rings. The molecule has 0 spiro atoms. The van der Waals surface area contributed by atoms with Crippen LogP contribution in [-0.4, -0.2) is 50.0 Å². The van der Waals surface area contributed by atoms with E-state index in [-0.39, 0.29) is 13.2 Å². The van der Waals surface area contributed by atoms with Crippen LogP contribution in [0.2, 0.25) is 5.16 Å². The van der Waals surface area contributed by atoms with Gasteiger partial charge in [-0.25, -0.2) is 0 Å². The van der Waals surface area contributed by atoms with Crippen LogP contribution in [0, 0.1) is 0 Å². The van der Waals surface area contributed by atoms with Crippen molar-refractivity contribution in [2.24, 2.45) is 0 Å². The van der Waals surface area contributed by atoms with Crippen LogP contribution in [-0.2, 0) is 8.85 Å². The summed E-state index contributed by atoms with van der Waals surface area (Å²) in [6, 6.07) is 0. The van der Waals surface area contributed by atoms with E-state index >= 15 is 0 Å². The molecule has 0 atom stereocenters. The van der Waals surface area contributed by atoms with Crippen LogP contribution in [0.4, 0.5) is 0 Å². The lowest BCUT2D eigenvalue weighted by atomic mass is 10.9. The fourth-order valence-corrected chi connectivity index (χ4v) is 4.73. The Labute approximate surface area is 85.5 Å². The second-order valence-corrected chi connectivity index (χ2v) is 8.43. The minimum atomic E-state index is -4.04. The van der Waals surface area contributed by atoms with Crippen LogP contribution in [0.15, 0.2) is 0 Å². The van der Waals surface area contributed by atoms with Crippen molar-refractivity contribution in [2.75, 3.05) is 13.2 Å². The van der Waals surface area contributed by atoms with Gasteiger partial charge in [-0.05, 0) is 13.8 Å². The molecule has 86 valence electrons. The minimum Gasteiger partial charge on any atom is -0.390 e. The Morgan fingerprint density at radius 1 is 0.929 bits per heavy atom. The largest absolute Gasteiger partial charge is 0.502 e. The summed E-state index contributed by atoms with van der Waals surface area (Å²) in [5.41, 5.74) is 0. The van der Waals surface area contributed by atoms with Gasteiger partial charge in [-0.2, -0.15) is 0 Å². The van der Waals surface area contributed by atoms with E-state index in [9.17, 15) is 19.2 Å². The maximum atomic E-state index is 9.45. The molecular formula is C6H18O6Si2. The Morgan fingerprint density at radius 2 is 1.21 bits per heavy atom.